The van der Waals surface area contributed by atoms with Gasteiger partial charge in [0.05, 0.1) is 0 Å². The number of rotatable bonds is 5. The van der Waals surface area contributed by atoms with Gasteiger partial charge in [0.1, 0.15) is 0 Å². The maximum Gasteiger partial charge on any atom is 0.231 e. The largest absolute Gasteiger partial charge is 0.454 e. The molecule has 2 aliphatic rings. The van der Waals surface area contributed by atoms with Crippen LogP contribution in [0.5, 0.6) is 11.5 Å². The van der Waals surface area contributed by atoms with Crippen molar-refractivity contribution in [1.29, 1.82) is 0 Å². The summed E-state index contributed by atoms with van der Waals surface area (Å²) in [4.78, 5) is 4.33. The SMILES string of the molecule is CN=C(NCCc1ccc2c(c1)OCO2)NC1CCC(SC)C1.I. The smallest absolute Gasteiger partial charge is 0.231 e. The third-order valence-electron chi connectivity index (χ3n) is 4.43. The minimum absolute atomic E-state index is 0. The van der Waals surface area contributed by atoms with Crippen LogP contribution in [0.1, 0.15) is 24.8 Å². The van der Waals surface area contributed by atoms with Gasteiger partial charge in [0.15, 0.2) is 17.5 Å². The molecule has 2 unspecified atom stereocenters. The number of benzene rings is 1. The Labute approximate surface area is 165 Å². The van der Waals surface area contributed by atoms with Crippen molar-refractivity contribution in [1.82, 2.24) is 10.6 Å². The van der Waals surface area contributed by atoms with Crippen LogP contribution in [0, 0.1) is 0 Å². The monoisotopic (exact) mass is 463 g/mol. The van der Waals surface area contributed by atoms with Gasteiger partial charge in [-0.2, -0.15) is 11.8 Å². The molecule has 0 bridgehead atoms. The zero-order chi connectivity index (χ0) is 16.1. The van der Waals surface area contributed by atoms with Gasteiger partial charge in [0, 0.05) is 24.9 Å². The Morgan fingerprint density at radius 1 is 1.29 bits per heavy atom. The number of halogens is 1. The van der Waals surface area contributed by atoms with Gasteiger partial charge < -0.3 is 20.1 Å². The van der Waals surface area contributed by atoms with E-state index >= 15 is 0 Å². The van der Waals surface area contributed by atoms with E-state index in [4.69, 9.17) is 9.47 Å². The lowest BCUT2D eigenvalue weighted by molar-refractivity contribution is 0.174. The van der Waals surface area contributed by atoms with Crippen LogP contribution in [-0.4, -0.2) is 43.9 Å². The van der Waals surface area contributed by atoms with E-state index in [-0.39, 0.29) is 24.0 Å². The fourth-order valence-corrected chi connectivity index (χ4v) is 3.89. The lowest BCUT2D eigenvalue weighted by atomic mass is 10.1. The molecule has 0 saturated heterocycles. The Morgan fingerprint density at radius 2 is 2.12 bits per heavy atom. The highest BCUT2D eigenvalue weighted by molar-refractivity contribution is 14.0. The van der Waals surface area contributed by atoms with Crippen LogP contribution in [0.15, 0.2) is 23.2 Å². The summed E-state index contributed by atoms with van der Waals surface area (Å²) in [6.45, 7) is 1.17. The molecule has 3 rings (SSSR count). The van der Waals surface area contributed by atoms with Crippen molar-refractivity contribution in [2.45, 2.75) is 37.0 Å². The fourth-order valence-electron chi connectivity index (χ4n) is 3.09. The molecule has 0 spiro atoms. The first-order valence-corrected chi connectivity index (χ1v) is 9.46. The first-order valence-electron chi connectivity index (χ1n) is 8.17. The maximum absolute atomic E-state index is 5.42. The minimum Gasteiger partial charge on any atom is -0.454 e. The summed E-state index contributed by atoms with van der Waals surface area (Å²) in [6.07, 6.45) is 6.88. The van der Waals surface area contributed by atoms with Crippen LogP contribution in [-0.2, 0) is 6.42 Å². The van der Waals surface area contributed by atoms with Gasteiger partial charge >= 0.3 is 0 Å². The maximum atomic E-state index is 5.42. The highest BCUT2D eigenvalue weighted by Crippen LogP contribution is 2.32. The molecule has 2 atom stereocenters. The molecule has 1 aliphatic carbocycles. The lowest BCUT2D eigenvalue weighted by Gasteiger charge is -2.17. The molecule has 2 N–H and O–H groups in total. The summed E-state index contributed by atoms with van der Waals surface area (Å²) in [6, 6.07) is 6.67. The lowest BCUT2D eigenvalue weighted by Crippen LogP contribution is -2.43. The van der Waals surface area contributed by atoms with E-state index < -0.39 is 0 Å². The highest BCUT2D eigenvalue weighted by atomic mass is 127. The van der Waals surface area contributed by atoms with E-state index in [1.807, 2.05) is 24.9 Å². The summed E-state index contributed by atoms with van der Waals surface area (Å²) in [5.74, 6) is 2.58. The van der Waals surface area contributed by atoms with Crippen molar-refractivity contribution in [3.8, 4) is 11.5 Å². The van der Waals surface area contributed by atoms with Crippen molar-refractivity contribution >= 4 is 41.7 Å². The van der Waals surface area contributed by atoms with E-state index in [0.717, 1.165) is 35.7 Å². The number of ether oxygens (including phenoxy) is 2. The first kappa shape index (κ1) is 19.5. The third-order valence-corrected chi connectivity index (χ3v) is 5.52. The normalized spacial score (nSPS) is 22.2. The van der Waals surface area contributed by atoms with Gasteiger partial charge in [-0.25, -0.2) is 0 Å². The Kier molecular flexibility index (Phi) is 7.80. The summed E-state index contributed by atoms with van der Waals surface area (Å²) in [5.41, 5.74) is 1.24. The van der Waals surface area contributed by atoms with Crippen molar-refractivity contribution < 1.29 is 9.47 Å². The molecule has 0 radical (unpaired) electrons. The summed E-state index contributed by atoms with van der Waals surface area (Å²) in [7, 11) is 1.83. The molecule has 134 valence electrons. The predicted molar refractivity (Wildman–Crippen MR) is 111 cm³/mol. The van der Waals surface area contributed by atoms with E-state index in [2.05, 4.69) is 34.0 Å². The number of hydrogen-bond acceptors (Lipinski definition) is 4. The van der Waals surface area contributed by atoms with E-state index in [1.165, 1.54) is 24.8 Å². The number of aliphatic imine (C=N–C) groups is 1. The molecule has 0 aromatic heterocycles. The Bertz CT molecular complexity index is 571. The second-order valence-corrected chi connectivity index (χ2v) is 7.09. The minimum atomic E-state index is 0. The first-order chi connectivity index (χ1) is 11.3. The fraction of sp³-hybridized carbons (Fsp3) is 0.588. The second-order valence-electron chi connectivity index (χ2n) is 5.95. The van der Waals surface area contributed by atoms with Crippen LogP contribution in [0.4, 0.5) is 0 Å². The predicted octanol–water partition coefficient (Wildman–Crippen LogP) is 3.02. The number of nitrogens with zero attached hydrogens (tertiary/aromatic N) is 1. The number of nitrogens with one attached hydrogen (secondary N) is 2. The van der Waals surface area contributed by atoms with Gasteiger partial charge in [0.2, 0.25) is 6.79 Å². The van der Waals surface area contributed by atoms with Crippen molar-refractivity contribution in [3.05, 3.63) is 23.8 Å². The van der Waals surface area contributed by atoms with Crippen molar-refractivity contribution in [2.24, 2.45) is 4.99 Å². The van der Waals surface area contributed by atoms with Gasteiger partial charge in [-0.05, 0) is 49.6 Å². The number of thioether (sulfide) groups is 1. The highest BCUT2D eigenvalue weighted by Gasteiger charge is 2.24. The van der Waals surface area contributed by atoms with Crippen LogP contribution in [0.2, 0.25) is 0 Å². The molecule has 1 aromatic carbocycles. The average molecular weight is 463 g/mol. The Balaban J connectivity index is 0.00000208. The molecule has 1 saturated carbocycles. The molecule has 5 nitrogen and oxygen atoms in total. The van der Waals surface area contributed by atoms with Gasteiger partial charge in [-0.1, -0.05) is 6.07 Å². The van der Waals surface area contributed by atoms with Gasteiger partial charge in [0.25, 0.3) is 0 Å². The Morgan fingerprint density at radius 3 is 2.88 bits per heavy atom. The van der Waals surface area contributed by atoms with Crippen LogP contribution >= 0.6 is 35.7 Å². The zero-order valence-corrected chi connectivity index (χ0v) is 17.4. The van der Waals surface area contributed by atoms with Crippen molar-refractivity contribution in [2.75, 3.05) is 26.6 Å². The topological polar surface area (TPSA) is 54.9 Å². The Hall–Kier alpha value is -0.830. The van der Waals surface area contributed by atoms with Crippen LogP contribution in [0.25, 0.3) is 0 Å². The third kappa shape index (κ3) is 5.08. The number of fused-ring (bicyclic) bond motifs is 1. The molecule has 1 aliphatic heterocycles. The molecular formula is C17H26IN3O2S. The van der Waals surface area contributed by atoms with Crippen LogP contribution in [0.3, 0.4) is 0 Å². The standard InChI is InChI=1S/C17H25N3O2S.HI/c1-18-17(20-13-4-5-14(10-13)23-2)19-8-7-12-3-6-15-16(9-12)22-11-21-15;/h3,6,9,13-14H,4-5,7-8,10-11H2,1-2H3,(H2,18,19,20);1H. The molecule has 1 fully saturated rings. The molecular weight excluding hydrogens is 437 g/mol. The number of guanidine groups is 1. The molecule has 0 amide bonds. The molecule has 1 aromatic rings. The average Bonchev–Trinajstić information content (AvgIpc) is 3.22. The van der Waals surface area contributed by atoms with E-state index in [0.29, 0.717) is 12.8 Å². The van der Waals surface area contributed by atoms with E-state index in [1.54, 1.807) is 0 Å². The summed E-state index contributed by atoms with van der Waals surface area (Å²) >= 11 is 1.97. The molecule has 7 heteroatoms. The summed E-state index contributed by atoms with van der Waals surface area (Å²) in [5, 5.41) is 7.74. The van der Waals surface area contributed by atoms with Crippen molar-refractivity contribution in [3.63, 3.8) is 0 Å². The zero-order valence-electron chi connectivity index (χ0n) is 14.2. The van der Waals surface area contributed by atoms with Crippen LogP contribution < -0.4 is 20.1 Å². The molecule has 1 heterocycles. The second kappa shape index (κ2) is 9.60. The van der Waals surface area contributed by atoms with Gasteiger partial charge in [-0.3, -0.25) is 4.99 Å². The van der Waals surface area contributed by atoms with Gasteiger partial charge in [-0.15, -0.1) is 24.0 Å². The quantitative estimate of drug-likeness (QED) is 0.400. The number of hydrogen-bond donors (Lipinski definition) is 2. The van der Waals surface area contributed by atoms with E-state index in [9.17, 15) is 0 Å². The molecule has 24 heavy (non-hydrogen) atoms. The summed E-state index contributed by atoms with van der Waals surface area (Å²) < 4.78 is 10.8.